The van der Waals surface area contributed by atoms with Gasteiger partial charge in [-0.2, -0.15) is 5.26 Å². The Balaban J connectivity index is 1.94. The second kappa shape index (κ2) is 6.44. The smallest absolute Gasteiger partial charge is 0.239 e. The van der Waals surface area contributed by atoms with Crippen molar-refractivity contribution in [1.82, 2.24) is 4.31 Å². The quantitative estimate of drug-likeness (QED) is 0.747. The molecule has 3 atom stereocenters. The van der Waals surface area contributed by atoms with Crippen LogP contribution in [0.25, 0.3) is 5.57 Å². The first-order chi connectivity index (χ1) is 12.1. The van der Waals surface area contributed by atoms with Crippen LogP contribution in [0.3, 0.4) is 0 Å². The van der Waals surface area contributed by atoms with E-state index in [9.17, 15) is 12.8 Å². The van der Waals surface area contributed by atoms with Gasteiger partial charge >= 0.3 is 0 Å². The minimum absolute atomic E-state index is 0.0731. The first kappa shape index (κ1) is 19.0. The molecule has 0 fully saturated rings. The lowest BCUT2D eigenvalue weighted by atomic mass is 9.92. The Labute approximate surface area is 160 Å². The number of benzene rings is 1. The average molecular weight is 415 g/mol. The van der Waals surface area contributed by atoms with Gasteiger partial charge in [-0.25, -0.2) is 22.1 Å². The van der Waals surface area contributed by atoms with Crippen LogP contribution in [-0.2, 0) is 10.0 Å². The SMILES string of the molecule is CN1C(N)=N[C@](C)(C2SC=C(c3ccc(F)c(C#N)c3)C2Cl)CS1(=O)=O. The molecule has 2 aliphatic rings. The van der Waals surface area contributed by atoms with Crippen molar-refractivity contribution in [1.29, 1.82) is 5.26 Å². The number of rotatable bonds is 2. The van der Waals surface area contributed by atoms with Crippen LogP contribution in [0, 0.1) is 17.1 Å². The van der Waals surface area contributed by atoms with Gasteiger partial charge in [0.25, 0.3) is 0 Å². The fourth-order valence-corrected chi connectivity index (χ4v) is 6.65. The summed E-state index contributed by atoms with van der Waals surface area (Å²) in [5.74, 6) is -0.896. The van der Waals surface area contributed by atoms with Gasteiger partial charge in [0, 0.05) is 7.05 Å². The van der Waals surface area contributed by atoms with E-state index in [2.05, 4.69) is 4.99 Å². The molecule has 0 amide bonds. The third-order valence-corrected chi connectivity index (χ3v) is 8.59. The van der Waals surface area contributed by atoms with Crippen molar-refractivity contribution in [2.45, 2.75) is 23.1 Å². The fourth-order valence-electron chi connectivity index (χ4n) is 3.04. The lowest BCUT2D eigenvalue weighted by Crippen LogP contribution is -2.56. The summed E-state index contributed by atoms with van der Waals surface area (Å²) >= 11 is 7.99. The number of guanidine groups is 1. The van der Waals surface area contributed by atoms with Gasteiger partial charge in [0.15, 0.2) is 0 Å². The summed E-state index contributed by atoms with van der Waals surface area (Å²) in [6.07, 6.45) is 0. The molecule has 0 radical (unpaired) electrons. The van der Waals surface area contributed by atoms with E-state index in [0.717, 1.165) is 4.31 Å². The Morgan fingerprint density at radius 3 is 2.85 bits per heavy atom. The molecule has 2 unspecified atom stereocenters. The highest BCUT2D eigenvalue weighted by Crippen LogP contribution is 2.47. The number of thioether (sulfide) groups is 1. The van der Waals surface area contributed by atoms with E-state index < -0.39 is 26.8 Å². The highest BCUT2D eigenvalue weighted by Gasteiger charge is 2.49. The molecule has 26 heavy (non-hydrogen) atoms. The summed E-state index contributed by atoms with van der Waals surface area (Å²) in [6, 6.07) is 6.00. The van der Waals surface area contributed by atoms with Gasteiger partial charge in [0.05, 0.1) is 27.5 Å². The summed E-state index contributed by atoms with van der Waals surface area (Å²) in [4.78, 5) is 4.39. The number of nitriles is 1. The van der Waals surface area contributed by atoms with Crippen molar-refractivity contribution in [2.75, 3.05) is 12.8 Å². The number of nitrogens with two attached hydrogens (primary N) is 1. The largest absolute Gasteiger partial charge is 0.369 e. The number of halogens is 2. The number of hydrogen-bond acceptors (Lipinski definition) is 6. The van der Waals surface area contributed by atoms with Crippen molar-refractivity contribution >= 4 is 44.9 Å². The number of hydrogen-bond donors (Lipinski definition) is 1. The Kier molecular flexibility index (Phi) is 4.71. The normalized spacial score (nSPS) is 30.5. The van der Waals surface area contributed by atoms with Crippen LogP contribution < -0.4 is 5.73 Å². The van der Waals surface area contributed by atoms with Crippen molar-refractivity contribution in [3.63, 3.8) is 0 Å². The molecule has 2 aliphatic heterocycles. The van der Waals surface area contributed by atoms with Crippen LogP contribution in [-0.4, -0.2) is 47.6 Å². The van der Waals surface area contributed by atoms with E-state index in [1.165, 1.54) is 30.9 Å². The van der Waals surface area contributed by atoms with Gasteiger partial charge < -0.3 is 5.73 Å². The van der Waals surface area contributed by atoms with Crippen molar-refractivity contribution in [3.8, 4) is 6.07 Å². The van der Waals surface area contributed by atoms with E-state index in [4.69, 9.17) is 22.6 Å². The van der Waals surface area contributed by atoms with E-state index in [1.54, 1.807) is 24.5 Å². The standard InChI is InChI=1S/C16H16ClFN4O2S2/c1-16(8-26(23,24)22(2)15(20)21-16)14-13(17)11(7-25-14)9-3-4-12(18)10(5-9)6-19/h3-5,7,13-14H,8H2,1-2H3,(H2,20,21)/t13?,14?,16-/m0/s1. The number of alkyl halides is 1. The minimum Gasteiger partial charge on any atom is -0.369 e. The molecule has 138 valence electrons. The van der Waals surface area contributed by atoms with Crippen LogP contribution in [0.1, 0.15) is 18.1 Å². The molecule has 0 saturated heterocycles. The van der Waals surface area contributed by atoms with Crippen molar-refractivity contribution < 1.29 is 12.8 Å². The molecular weight excluding hydrogens is 399 g/mol. The maximum atomic E-state index is 13.6. The Bertz CT molecular complexity index is 973. The van der Waals surface area contributed by atoms with E-state index in [0.29, 0.717) is 11.1 Å². The summed E-state index contributed by atoms with van der Waals surface area (Å²) in [5.41, 5.74) is 6.03. The van der Waals surface area contributed by atoms with Gasteiger partial charge in [0.1, 0.15) is 11.9 Å². The minimum atomic E-state index is -3.59. The monoisotopic (exact) mass is 414 g/mol. The third-order valence-electron chi connectivity index (χ3n) is 4.52. The maximum Gasteiger partial charge on any atom is 0.239 e. The molecule has 1 aromatic carbocycles. The molecule has 0 spiro atoms. The molecule has 6 nitrogen and oxygen atoms in total. The summed E-state index contributed by atoms with van der Waals surface area (Å²) in [7, 11) is -2.23. The van der Waals surface area contributed by atoms with Gasteiger partial charge in [-0.15, -0.1) is 23.4 Å². The predicted molar refractivity (Wildman–Crippen MR) is 102 cm³/mol. The van der Waals surface area contributed by atoms with Gasteiger partial charge in [-0.05, 0) is 35.6 Å². The van der Waals surface area contributed by atoms with Crippen LogP contribution in [0.4, 0.5) is 4.39 Å². The first-order valence-corrected chi connectivity index (χ1v) is 10.6. The summed E-state index contributed by atoms with van der Waals surface area (Å²) in [5, 5.41) is 9.86. The number of nitrogens with zero attached hydrogens (tertiary/aromatic N) is 3. The second-order valence-electron chi connectivity index (χ2n) is 6.39. The third kappa shape index (κ3) is 3.06. The van der Waals surface area contributed by atoms with E-state index in [1.807, 2.05) is 0 Å². The molecule has 3 rings (SSSR count). The Hall–Kier alpha value is -1.76. The first-order valence-electron chi connectivity index (χ1n) is 7.60. The highest BCUT2D eigenvalue weighted by atomic mass is 35.5. The molecule has 2 N–H and O–H groups in total. The molecule has 10 heteroatoms. The number of aliphatic imine (C=N–C) groups is 1. The van der Waals surface area contributed by atoms with E-state index in [-0.39, 0.29) is 22.5 Å². The molecule has 1 aromatic rings. The number of sulfonamides is 1. The lowest BCUT2D eigenvalue weighted by Gasteiger charge is -2.39. The fraction of sp³-hybridized carbons (Fsp3) is 0.375. The van der Waals surface area contributed by atoms with Crippen molar-refractivity contribution in [3.05, 3.63) is 40.6 Å². The molecule has 0 saturated carbocycles. The van der Waals surface area contributed by atoms with Crippen molar-refractivity contribution in [2.24, 2.45) is 10.7 Å². The van der Waals surface area contributed by atoms with Gasteiger partial charge in [-0.1, -0.05) is 6.07 Å². The zero-order valence-electron chi connectivity index (χ0n) is 14.0. The molecule has 0 aromatic heterocycles. The number of allylic oxidation sites excluding steroid dienone is 1. The van der Waals surface area contributed by atoms with Crippen LogP contribution in [0.2, 0.25) is 0 Å². The Morgan fingerprint density at radius 1 is 1.54 bits per heavy atom. The second-order valence-corrected chi connectivity index (χ2v) is 9.88. The lowest BCUT2D eigenvalue weighted by molar-refractivity contribution is 0.455. The molecule has 0 aliphatic carbocycles. The maximum absolute atomic E-state index is 13.6. The molecular formula is C16H16ClFN4O2S2. The molecule has 0 bridgehead atoms. The summed E-state index contributed by atoms with van der Waals surface area (Å²) < 4.78 is 39.3. The van der Waals surface area contributed by atoms with Gasteiger partial charge in [0.2, 0.25) is 16.0 Å². The van der Waals surface area contributed by atoms with Gasteiger partial charge in [-0.3, -0.25) is 0 Å². The van der Waals surface area contributed by atoms with Crippen LogP contribution in [0.5, 0.6) is 0 Å². The average Bonchev–Trinajstić information content (AvgIpc) is 2.95. The van der Waals surface area contributed by atoms with Crippen LogP contribution >= 0.6 is 23.4 Å². The van der Waals surface area contributed by atoms with E-state index >= 15 is 0 Å². The zero-order chi connectivity index (χ0) is 19.3. The predicted octanol–water partition coefficient (Wildman–Crippen LogP) is 2.11. The Morgan fingerprint density at radius 2 is 2.23 bits per heavy atom. The summed E-state index contributed by atoms with van der Waals surface area (Å²) in [6.45, 7) is 1.71. The zero-order valence-corrected chi connectivity index (χ0v) is 16.4. The highest BCUT2D eigenvalue weighted by molar-refractivity contribution is 8.03. The van der Waals surface area contributed by atoms with Crippen LogP contribution in [0.15, 0.2) is 28.6 Å². The topological polar surface area (TPSA) is 99.5 Å². The molecule has 2 heterocycles.